The van der Waals surface area contributed by atoms with Crippen LogP contribution in [0.1, 0.15) is 24.8 Å². The molecular formula is C17H19N5. The van der Waals surface area contributed by atoms with Crippen LogP contribution in [0.3, 0.4) is 0 Å². The van der Waals surface area contributed by atoms with Crippen LogP contribution in [0, 0.1) is 5.92 Å². The van der Waals surface area contributed by atoms with E-state index >= 15 is 0 Å². The Balaban J connectivity index is 1.82. The van der Waals surface area contributed by atoms with Gasteiger partial charge in [-0.15, -0.1) is 0 Å². The molecule has 1 aliphatic rings. The molecule has 0 amide bonds. The second-order valence-corrected chi connectivity index (χ2v) is 6.12. The topological polar surface area (TPSA) is 93.6 Å². The number of aromatic nitrogens is 3. The highest BCUT2D eigenvalue weighted by atomic mass is 15.1. The van der Waals surface area contributed by atoms with Gasteiger partial charge in [-0.1, -0.05) is 12.8 Å². The Morgan fingerprint density at radius 1 is 1.14 bits per heavy atom. The maximum absolute atomic E-state index is 6.01. The van der Waals surface area contributed by atoms with Crippen molar-refractivity contribution < 1.29 is 0 Å². The molecule has 0 bridgehead atoms. The van der Waals surface area contributed by atoms with Gasteiger partial charge in [0.25, 0.3) is 0 Å². The minimum Gasteiger partial charge on any atom is -0.384 e. The average molecular weight is 293 g/mol. The normalized spacial score (nSPS) is 14.5. The molecule has 0 saturated heterocycles. The summed E-state index contributed by atoms with van der Waals surface area (Å²) >= 11 is 0. The second kappa shape index (κ2) is 5.02. The Hall–Kier alpha value is -2.56. The molecule has 0 atom stereocenters. The predicted octanol–water partition coefficient (Wildman–Crippen LogP) is 3.13. The van der Waals surface area contributed by atoms with Crippen molar-refractivity contribution in [2.24, 2.45) is 5.92 Å². The largest absolute Gasteiger partial charge is 0.384 e. The van der Waals surface area contributed by atoms with E-state index in [0.717, 1.165) is 34.4 Å². The molecular weight excluding hydrogens is 274 g/mol. The lowest BCUT2D eigenvalue weighted by atomic mass is 9.97. The van der Waals surface area contributed by atoms with Crippen molar-refractivity contribution in [1.29, 1.82) is 0 Å². The Bertz CT molecular complexity index is 832. The average Bonchev–Trinajstić information content (AvgIpc) is 3.28. The van der Waals surface area contributed by atoms with E-state index in [1.165, 1.54) is 24.8 Å². The van der Waals surface area contributed by atoms with Crippen molar-refractivity contribution in [3.05, 3.63) is 36.0 Å². The fourth-order valence-corrected chi connectivity index (χ4v) is 2.97. The van der Waals surface area contributed by atoms with Gasteiger partial charge in [0.15, 0.2) is 5.82 Å². The molecule has 0 aliphatic heterocycles. The maximum Gasteiger partial charge on any atom is 0.153 e. The van der Waals surface area contributed by atoms with Gasteiger partial charge in [0, 0.05) is 11.6 Å². The first-order valence-electron chi connectivity index (χ1n) is 7.69. The van der Waals surface area contributed by atoms with Crippen molar-refractivity contribution in [2.45, 2.75) is 25.7 Å². The maximum atomic E-state index is 6.01. The summed E-state index contributed by atoms with van der Waals surface area (Å²) in [6.07, 6.45) is 6.76. The van der Waals surface area contributed by atoms with Crippen LogP contribution >= 0.6 is 0 Å². The van der Waals surface area contributed by atoms with Crippen molar-refractivity contribution in [3.63, 3.8) is 0 Å². The van der Waals surface area contributed by atoms with Gasteiger partial charge in [-0.25, -0.2) is 4.98 Å². The van der Waals surface area contributed by atoms with E-state index in [1.54, 1.807) is 6.20 Å². The SMILES string of the molecule is Nc1cc(-c2cc(CCC3CC3)c3[nH]nc(N)c3c2)ccn1. The van der Waals surface area contributed by atoms with E-state index in [4.69, 9.17) is 11.5 Å². The Labute approximate surface area is 128 Å². The lowest BCUT2D eigenvalue weighted by Crippen LogP contribution is -1.93. The first-order valence-corrected chi connectivity index (χ1v) is 7.69. The van der Waals surface area contributed by atoms with Crippen LogP contribution in [0.15, 0.2) is 30.5 Å². The fraction of sp³-hybridized carbons (Fsp3) is 0.294. The van der Waals surface area contributed by atoms with Gasteiger partial charge in [0.05, 0.1) is 5.52 Å². The molecule has 5 heteroatoms. The number of anilines is 2. The number of benzene rings is 1. The predicted molar refractivity (Wildman–Crippen MR) is 89.2 cm³/mol. The quantitative estimate of drug-likeness (QED) is 0.689. The van der Waals surface area contributed by atoms with Crippen molar-refractivity contribution in [1.82, 2.24) is 15.2 Å². The Kier molecular flexibility index (Phi) is 2.99. The van der Waals surface area contributed by atoms with Crippen LogP contribution in [0.5, 0.6) is 0 Å². The zero-order valence-electron chi connectivity index (χ0n) is 12.3. The number of nitrogens with two attached hydrogens (primary N) is 2. The molecule has 0 unspecified atom stereocenters. The Morgan fingerprint density at radius 2 is 2.00 bits per heavy atom. The number of aromatic amines is 1. The van der Waals surface area contributed by atoms with E-state index in [2.05, 4.69) is 27.3 Å². The minimum absolute atomic E-state index is 0.525. The Morgan fingerprint density at radius 3 is 2.77 bits per heavy atom. The van der Waals surface area contributed by atoms with E-state index < -0.39 is 0 Å². The minimum atomic E-state index is 0.525. The van der Waals surface area contributed by atoms with Gasteiger partial charge >= 0.3 is 0 Å². The number of nitrogen functional groups attached to an aromatic ring is 2. The lowest BCUT2D eigenvalue weighted by molar-refractivity contribution is 0.729. The first-order chi connectivity index (χ1) is 10.7. The molecule has 22 heavy (non-hydrogen) atoms. The summed E-state index contributed by atoms with van der Waals surface area (Å²) in [5.74, 6) is 1.97. The number of H-pyrrole nitrogens is 1. The summed E-state index contributed by atoms with van der Waals surface area (Å²) in [5.41, 5.74) is 16.3. The summed E-state index contributed by atoms with van der Waals surface area (Å²) in [4.78, 5) is 4.06. The molecule has 1 fully saturated rings. The first kappa shape index (κ1) is 13.1. The molecule has 3 aromatic rings. The molecule has 5 N–H and O–H groups in total. The number of nitrogens with one attached hydrogen (secondary N) is 1. The number of fused-ring (bicyclic) bond motifs is 1. The van der Waals surface area contributed by atoms with Crippen molar-refractivity contribution in [2.75, 3.05) is 11.5 Å². The summed E-state index contributed by atoms with van der Waals surface area (Å²) in [6, 6.07) is 8.15. The molecule has 112 valence electrons. The van der Waals surface area contributed by atoms with Crippen molar-refractivity contribution >= 4 is 22.5 Å². The van der Waals surface area contributed by atoms with E-state index in [0.29, 0.717) is 11.6 Å². The van der Waals surface area contributed by atoms with E-state index in [-0.39, 0.29) is 0 Å². The van der Waals surface area contributed by atoms with Crippen LogP contribution in [0.2, 0.25) is 0 Å². The summed E-state index contributed by atoms with van der Waals surface area (Å²) in [6.45, 7) is 0. The second-order valence-electron chi connectivity index (χ2n) is 6.12. The molecule has 1 aromatic carbocycles. The van der Waals surface area contributed by atoms with E-state index in [9.17, 15) is 0 Å². The number of nitrogens with zero attached hydrogens (tertiary/aromatic N) is 2. The van der Waals surface area contributed by atoms with Gasteiger partial charge < -0.3 is 11.5 Å². The third-order valence-corrected chi connectivity index (χ3v) is 4.42. The standard InChI is InChI=1S/C17H19N5/c18-15-9-11(5-6-20-15)13-7-12(4-3-10-1-2-10)16-14(8-13)17(19)22-21-16/h5-10H,1-4H2,(H2,18,20)(H3,19,21,22). The van der Waals surface area contributed by atoms with Crippen LogP contribution in [-0.2, 0) is 6.42 Å². The highest BCUT2D eigenvalue weighted by molar-refractivity contribution is 5.94. The van der Waals surface area contributed by atoms with Gasteiger partial charge in [-0.2, -0.15) is 5.10 Å². The number of aryl methyl sites for hydroxylation is 1. The molecule has 0 spiro atoms. The molecule has 2 heterocycles. The highest BCUT2D eigenvalue weighted by Gasteiger charge is 2.21. The molecule has 5 nitrogen and oxygen atoms in total. The fourth-order valence-electron chi connectivity index (χ4n) is 2.97. The highest BCUT2D eigenvalue weighted by Crippen LogP contribution is 2.36. The zero-order chi connectivity index (χ0) is 15.1. The van der Waals surface area contributed by atoms with Crippen LogP contribution < -0.4 is 11.5 Å². The molecule has 1 saturated carbocycles. The monoisotopic (exact) mass is 293 g/mol. The number of rotatable bonds is 4. The molecule has 0 radical (unpaired) electrons. The molecule has 4 rings (SSSR count). The van der Waals surface area contributed by atoms with Crippen LogP contribution in [0.25, 0.3) is 22.0 Å². The molecule has 2 aromatic heterocycles. The number of hydrogen-bond donors (Lipinski definition) is 3. The summed E-state index contributed by atoms with van der Waals surface area (Å²) in [5, 5.41) is 8.23. The third-order valence-electron chi connectivity index (χ3n) is 4.42. The van der Waals surface area contributed by atoms with Gasteiger partial charge in [-0.3, -0.25) is 5.10 Å². The van der Waals surface area contributed by atoms with Gasteiger partial charge in [-0.05, 0) is 59.7 Å². The van der Waals surface area contributed by atoms with Gasteiger partial charge in [0.1, 0.15) is 5.82 Å². The smallest absolute Gasteiger partial charge is 0.153 e. The van der Waals surface area contributed by atoms with Crippen LogP contribution in [0.4, 0.5) is 11.6 Å². The van der Waals surface area contributed by atoms with Gasteiger partial charge in [0.2, 0.25) is 0 Å². The number of pyridine rings is 1. The molecule has 1 aliphatic carbocycles. The zero-order valence-corrected chi connectivity index (χ0v) is 12.3. The third kappa shape index (κ3) is 2.39. The summed E-state index contributed by atoms with van der Waals surface area (Å²) in [7, 11) is 0. The lowest BCUT2D eigenvalue weighted by Gasteiger charge is -2.08. The van der Waals surface area contributed by atoms with Crippen LogP contribution in [-0.4, -0.2) is 15.2 Å². The van der Waals surface area contributed by atoms with Crippen molar-refractivity contribution in [3.8, 4) is 11.1 Å². The van der Waals surface area contributed by atoms with E-state index in [1.807, 2.05) is 12.1 Å². The summed E-state index contributed by atoms with van der Waals surface area (Å²) < 4.78 is 0. The number of hydrogen-bond acceptors (Lipinski definition) is 4.